The van der Waals surface area contributed by atoms with Crippen LogP contribution in [0.1, 0.15) is 35.8 Å². The van der Waals surface area contributed by atoms with Crippen molar-refractivity contribution in [3.05, 3.63) is 47.7 Å². The molecule has 4 rings (SSSR count). The number of benzene rings is 1. The van der Waals surface area contributed by atoms with Gasteiger partial charge in [0.15, 0.2) is 5.69 Å². The minimum absolute atomic E-state index is 0.0588. The van der Waals surface area contributed by atoms with E-state index >= 15 is 0 Å². The zero-order valence-electron chi connectivity index (χ0n) is 21.1. The summed E-state index contributed by atoms with van der Waals surface area (Å²) in [7, 11) is 0. The highest BCUT2D eigenvalue weighted by Gasteiger charge is 2.26. The molecule has 0 spiro atoms. The molecule has 35 heavy (non-hydrogen) atoms. The summed E-state index contributed by atoms with van der Waals surface area (Å²) in [6.07, 6.45) is 2.05. The van der Waals surface area contributed by atoms with Crippen molar-refractivity contribution in [3.8, 4) is 0 Å². The summed E-state index contributed by atoms with van der Waals surface area (Å²) in [6.45, 7) is 12.8. The number of piperazine rings is 2. The highest BCUT2D eigenvalue weighted by molar-refractivity contribution is 5.92. The van der Waals surface area contributed by atoms with Gasteiger partial charge in [0.05, 0.1) is 19.3 Å². The predicted molar refractivity (Wildman–Crippen MR) is 135 cm³/mol. The smallest absolute Gasteiger partial charge is 0.275 e. The van der Waals surface area contributed by atoms with Gasteiger partial charge in [-0.2, -0.15) is 0 Å². The lowest BCUT2D eigenvalue weighted by molar-refractivity contribution is 0.00948. The fraction of sp³-hybridized carbons (Fsp3) is 0.615. The number of ether oxygens (including phenoxy) is 1. The van der Waals surface area contributed by atoms with Gasteiger partial charge in [0.1, 0.15) is 6.26 Å². The molecule has 1 atom stereocenters. The molecule has 9 heteroatoms. The van der Waals surface area contributed by atoms with Crippen molar-refractivity contribution < 1.29 is 19.1 Å². The average Bonchev–Trinajstić information content (AvgIpc) is 3.36. The van der Waals surface area contributed by atoms with Crippen molar-refractivity contribution in [2.45, 2.75) is 32.9 Å². The zero-order chi connectivity index (χ0) is 24.6. The Morgan fingerprint density at radius 2 is 1.77 bits per heavy atom. The van der Waals surface area contributed by atoms with Gasteiger partial charge in [-0.15, -0.1) is 0 Å². The molecule has 0 bridgehead atoms. The summed E-state index contributed by atoms with van der Waals surface area (Å²) >= 11 is 0. The monoisotopic (exact) mass is 485 g/mol. The number of aliphatic hydroxyl groups excluding tert-OH is 1. The van der Waals surface area contributed by atoms with Gasteiger partial charge in [-0.1, -0.05) is 25.1 Å². The maximum atomic E-state index is 13.0. The van der Waals surface area contributed by atoms with Crippen molar-refractivity contribution in [1.82, 2.24) is 19.7 Å². The molecule has 3 heterocycles. The molecule has 1 amide bonds. The summed E-state index contributed by atoms with van der Waals surface area (Å²) in [6, 6.07) is 8.51. The molecule has 0 aliphatic carbocycles. The summed E-state index contributed by atoms with van der Waals surface area (Å²) in [5, 5.41) is 10.0. The van der Waals surface area contributed by atoms with Gasteiger partial charge in [0, 0.05) is 71.2 Å². The summed E-state index contributed by atoms with van der Waals surface area (Å²) < 4.78 is 11.0. The first-order valence-corrected chi connectivity index (χ1v) is 12.8. The van der Waals surface area contributed by atoms with Gasteiger partial charge in [-0.25, -0.2) is 4.98 Å². The first-order chi connectivity index (χ1) is 17.1. The number of hydrogen-bond acceptors (Lipinski definition) is 8. The van der Waals surface area contributed by atoms with E-state index in [-0.39, 0.29) is 5.91 Å². The third-order valence-electron chi connectivity index (χ3n) is 6.86. The number of carbonyl (C=O) groups excluding carboxylic acids is 1. The number of anilines is 1. The van der Waals surface area contributed by atoms with Crippen LogP contribution < -0.4 is 4.90 Å². The van der Waals surface area contributed by atoms with Crippen LogP contribution >= 0.6 is 0 Å². The van der Waals surface area contributed by atoms with Crippen LogP contribution in [-0.4, -0.2) is 109 Å². The Balaban J connectivity index is 1.22. The first kappa shape index (κ1) is 25.6. The molecule has 1 aromatic heterocycles. The highest BCUT2D eigenvalue weighted by atomic mass is 16.5. The maximum Gasteiger partial charge on any atom is 0.275 e. The number of rotatable bonds is 10. The molecule has 0 unspecified atom stereocenters. The SMILES string of the molecule is CCOC[C@H](O)CN1CCN(Cc2nc(C(=O)N3CCN(c4ccccc4CC)CC3)co2)CC1. The summed E-state index contributed by atoms with van der Waals surface area (Å²) in [5.74, 6) is 0.519. The lowest BCUT2D eigenvalue weighted by Gasteiger charge is -2.36. The van der Waals surface area contributed by atoms with Crippen molar-refractivity contribution in [2.24, 2.45) is 0 Å². The number of para-hydroxylation sites is 1. The molecule has 2 aliphatic heterocycles. The van der Waals surface area contributed by atoms with Gasteiger partial charge < -0.3 is 24.1 Å². The Bertz CT molecular complexity index is 935. The lowest BCUT2D eigenvalue weighted by atomic mass is 10.1. The van der Waals surface area contributed by atoms with Gasteiger partial charge in [-0.3, -0.25) is 14.6 Å². The Morgan fingerprint density at radius 1 is 1.06 bits per heavy atom. The van der Waals surface area contributed by atoms with E-state index < -0.39 is 6.10 Å². The third-order valence-corrected chi connectivity index (χ3v) is 6.86. The molecule has 9 nitrogen and oxygen atoms in total. The van der Waals surface area contributed by atoms with Crippen LogP contribution in [0.4, 0.5) is 5.69 Å². The van der Waals surface area contributed by atoms with Crippen molar-refractivity contribution >= 4 is 11.6 Å². The van der Waals surface area contributed by atoms with E-state index in [2.05, 4.69) is 50.9 Å². The molecule has 2 aliphatic rings. The Kier molecular flexibility index (Phi) is 9.14. The van der Waals surface area contributed by atoms with Crippen LogP contribution in [0.3, 0.4) is 0 Å². The zero-order valence-corrected chi connectivity index (χ0v) is 21.1. The fourth-order valence-corrected chi connectivity index (χ4v) is 4.84. The number of β-amino-alcohol motifs (C(OH)–C–C–N with tert-alkyl or cyclic N) is 1. The third kappa shape index (κ3) is 6.82. The van der Waals surface area contributed by atoms with E-state index in [4.69, 9.17) is 9.15 Å². The number of aryl methyl sites for hydroxylation is 1. The van der Waals surface area contributed by atoms with Crippen LogP contribution in [0.2, 0.25) is 0 Å². The molecule has 192 valence electrons. The Hall–Kier alpha value is -2.46. The van der Waals surface area contributed by atoms with Gasteiger partial charge in [0.25, 0.3) is 5.91 Å². The number of aromatic nitrogens is 1. The van der Waals surface area contributed by atoms with E-state index in [0.29, 0.717) is 51.0 Å². The molecular weight excluding hydrogens is 446 g/mol. The number of amides is 1. The minimum atomic E-state index is -0.454. The minimum Gasteiger partial charge on any atom is -0.447 e. The van der Waals surface area contributed by atoms with Crippen LogP contribution in [-0.2, 0) is 17.7 Å². The standard InChI is InChI=1S/C26H39N5O4/c1-3-21-7-5-6-8-24(21)30-13-15-31(16-14-30)26(33)23-20-35-25(27-23)18-29-11-9-28(10-12-29)17-22(32)19-34-4-2/h5-8,20,22,32H,3-4,9-19H2,1-2H3/t22-/m1/s1. The Labute approximate surface area is 208 Å². The topological polar surface area (TPSA) is 85.5 Å². The van der Waals surface area contributed by atoms with Crippen LogP contribution in [0.5, 0.6) is 0 Å². The molecule has 0 radical (unpaired) electrons. The summed E-state index contributed by atoms with van der Waals surface area (Å²) in [5.41, 5.74) is 3.01. The molecule has 2 aromatic rings. The molecule has 1 N–H and O–H groups in total. The van der Waals surface area contributed by atoms with Crippen molar-refractivity contribution in [2.75, 3.05) is 77.0 Å². The van der Waals surface area contributed by atoms with Gasteiger partial charge in [-0.05, 0) is 25.0 Å². The second-order valence-corrected chi connectivity index (χ2v) is 9.28. The van der Waals surface area contributed by atoms with Crippen molar-refractivity contribution in [1.29, 1.82) is 0 Å². The number of aliphatic hydroxyl groups is 1. The second-order valence-electron chi connectivity index (χ2n) is 9.28. The normalized spacial score (nSPS) is 18.7. The van der Waals surface area contributed by atoms with Crippen LogP contribution in [0.15, 0.2) is 34.9 Å². The quantitative estimate of drug-likeness (QED) is 0.545. The number of carbonyl (C=O) groups is 1. The van der Waals surface area contributed by atoms with Crippen LogP contribution in [0, 0.1) is 0 Å². The molecule has 2 fully saturated rings. The van der Waals surface area contributed by atoms with E-state index in [1.54, 1.807) is 0 Å². The first-order valence-electron chi connectivity index (χ1n) is 12.8. The van der Waals surface area contributed by atoms with E-state index in [0.717, 1.165) is 45.7 Å². The predicted octanol–water partition coefficient (Wildman–Crippen LogP) is 1.71. The largest absolute Gasteiger partial charge is 0.447 e. The maximum absolute atomic E-state index is 13.0. The lowest BCUT2D eigenvalue weighted by Crippen LogP contribution is -2.49. The highest BCUT2D eigenvalue weighted by Crippen LogP contribution is 2.23. The van der Waals surface area contributed by atoms with Gasteiger partial charge in [0.2, 0.25) is 5.89 Å². The van der Waals surface area contributed by atoms with Gasteiger partial charge >= 0.3 is 0 Å². The van der Waals surface area contributed by atoms with Crippen LogP contribution in [0.25, 0.3) is 0 Å². The fourth-order valence-electron chi connectivity index (χ4n) is 4.84. The number of hydrogen-bond donors (Lipinski definition) is 1. The Morgan fingerprint density at radius 3 is 2.49 bits per heavy atom. The van der Waals surface area contributed by atoms with Crippen molar-refractivity contribution in [3.63, 3.8) is 0 Å². The molecule has 0 saturated carbocycles. The average molecular weight is 486 g/mol. The number of nitrogens with zero attached hydrogens (tertiary/aromatic N) is 5. The molecular formula is C26H39N5O4. The van der Waals surface area contributed by atoms with E-state index in [1.165, 1.54) is 17.5 Å². The molecule has 1 aromatic carbocycles. The summed E-state index contributed by atoms with van der Waals surface area (Å²) in [4.78, 5) is 26.3. The van der Waals surface area contributed by atoms with E-state index in [1.807, 2.05) is 11.8 Å². The van der Waals surface area contributed by atoms with E-state index in [9.17, 15) is 9.90 Å². The number of oxazole rings is 1. The second kappa shape index (κ2) is 12.5. The molecule has 2 saturated heterocycles.